The number of unbranched alkanes of at least 4 members (excludes halogenated alkanes) is 26. The van der Waals surface area contributed by atoms with Crippen LogP contribution < -0.4 is 0 Å². The minimum absolute atomic E-state index is 0.0655. The molecule has 0 amide bonds. The van der Waals surface area contributed by atoms with Gasteiger partial charge in [0.25, 0.3) is 0 Å². The van der Waals surface area contributed by atoms with Gasteiger partial charge >= 0.3 is 17.9 Å². The fourth-order valence-corrected chi connectivity index (χ4v) is 7.07. The lowest BCUT2D eigenvalue weighted by atomic mass is 9.99. The predicted octanol–water partition coefficient (Wildman–Crippen LogP) is 15.0. The number of rotatable bonds is 42. The van der Waals surface area contributed by atoms with E-state index in [1.165, 1.54) is 148 Å². The quantitative estimate of drug-likeness (QED) is 0.0350. The SMILES string of the molecule is CCCCCCCCCCCCCCCC(=O)OC[C@@H](COC(=O)CCCCCCCCCCCCC(C)CC)OC(=O)CCCCCCCCC(C)C. The third kappa shape index (κ3) is 40.1. The molecule has 0 saturated heterocycles. The second-order valence-electron chi connectivity index (χ2n) is 17.1. The summed E-state index contributed by atoms with van der Waals surface area (Å²) in [7, 11) is 0. The Kier molecular flexibility index (Phi) is 39.8. The lowest BCUT2D eigenvalue weighted by Crippen LogP contribution is -2.30. The summed E-state index contributed by atoms with van der Waals surface area (Å²) in [6.45, 7) is 11.3. The normalized spacial score (nSPS) is 12.6. The van der Waals surface area contributed by atoms with Crippen LogP contribution in [0.3, 0.4) is 0 Å². The van der Waals surface area contributed by atoms with Crippen LogP contribution in [0.15, 0.2) is 0 Å². The molecular formula is C48H92O6. The Morgan fingerprint density at radius 2 is 0.704 bits per heavy atom. The van der Waals surface area contributed by atoms with Crippen molar-refractivity contribution in [2.75, 3.05) is 13.2 Å². The van der Waals surface area contributed by atoms with Gasteiger partial charge in [0.15, 0.2) is 6.10 Å². The lowest BCUT2D eigenvalue weighted by Gasteiger charge is -2.18. The van der Waals surface area contributed by atoms with Crippen LogP contribution in [-0.4, -0.2) is 37.2 Å². The molecular weight excluding hydrogens is 673 g/mol. The van der Waals surface area contributed by atoms with E-state index in [2.05, 4.69) is 34.6 Å². The minimum atomic E-state index is -0.761. The summed E-state index contributed by atoms with van der Waals surface area (Å²) in [6.07, 6.45) is 39.5. The first-order valence-corrected chi connectivity index (χ1v) is 23.8. The van der Waals surface area contributed by atoms with E-state index < -0.39 is 6.10 Å². The van der Waals surface area contributed by atoms with Crippen LogP contribution in [0.5, 0.6) is 0 Å². The highest BCUT2D eigenvalue weighted by Crippen LogP contribution is 2.17. The van der Waals surface area contributed by atoms with Crippen LogP contribution in [0.4, 0.5) is 0 Å². The van der Waals surface area contributed by atoms with Gasteiger partial charge in [0.05, 0.1) is 0 Å². The Balaban J connectivity index is 4.30. The molecule has 0 aromatic carbocycles. The summed E-state index contributed by atoms with van der Waals surface area (Å²) in [5.41, 5.74) is 0. The van der Waals surface area contributed by atoms with Crippen molar-refractivity contribution in [3.63, 3.8) is 0 Å². The van der Waals surface area contributed by atoms with E-state index in [1.807, 2.05) is 0 Å². The van der Waals surface area contributed by atoms with Crippen molar-refractivity contribution >= 4 is 17.9 Å². The molecule has 0 aliphatic heterocycles. The molecule has 0 aromatic rings. The molecule has 0 rings (SSSR count). The Bertz CT molecular complexity index is 826. The highest BCUT2D eigenvalue weighted by molar-refractivity contribution is 5.71. The number of carbonyl (C=O) groups excluding carboxylic acids is 3. The maximum Gasteiger partial charge on any atom is 0.306 e. The molecule has 6 nitrogen and oxygen atoms in total. The van der Waals surface area contributed by atoms with Crippen molar-refractivity contribution in [2.24, 2.45) is 11.8 Å². The van der Waals surface area contributed by atoms with E-state index in [0.717, 1.165) is 69.6 Å². The van der Waals surface area contributed by atoms with Gasteiger partial charge < -0.3 is 14.2 Å². The molecule has 0 spiro atoms. The van der Waals surface area contributed by atoms with E-state index in [-0.39, 0.29) is 31.1 Å². The molecule has 6 heteroatoms. The first kappa shape index (κ1) is 52.4. The number of hydrogen-bond donors (Lipinski definition) is 0. The highest BCUT2D eigenvalue weighted by atomic mass is 16.6. The van der Waals surface area contributed by atoms with Gasteiger partial charge in [-0.05, 0) is 31.1 Å². The summed E-state index contributed by atoms with van der Waals surface area (Å²) in [5, 5.41) is 0. The zero-order chi connectivity index (χ0) is 39.7. The molecule has 0 fully saturated rings. The fourth-order valence-electron chi connectivity index (χ4n) is 7.07. The maximum atomic E-state index is 12.7. The van der Waals surface area contributed by atoms with Crippen molar-refractivity contribution in [1.82, 2.24) is 0 Å². The second-order valence-corrected chi connectivity index (χ2v) is 17.1. The van der Waals surface area contributed by atoms with E-state index in [4.69, 9.17) is 14.2 Å². The molecule has 2 atom stereocenters. The van der Waals surface area contributed by atoms with Gasteiger partial charge in [0.2, 0.25) is 0 Å². The maximum absolute atomic E-state index is 12.7. The summed E-state index contributed by atoms with van der Waals surface area (Å²) >= 11 is 0. The number of hydrogen-bond acceptors (Lipinski definition) is 6. The topological polar surface area (TPSA) is 78.9 Å². The molecule has 0 bridgehead atoms. The molecule has 0 saturated carbocycles. The zero-order valence-corrected chi connectivity index (χ0v) is 36.8. The third-order valence-corrected chi connectivity index (χ3v) is 11.1. The summed E-state index contributed by atoms with van der Waals surface area (Å²) in [4.78, 5) is 37.7. The number of ether oxygens (including phenoxy) is 3. The van der Waals surface area contributed by atoms with Crippen molar-refractivity contribution in [3.05, 3.63) is 0 Å². The van der Waals surface area contributed by atoms with E-state index in [1.54, 1.807) is 0 Å². The predicted molar refractivity (Wildman–Crippen MR) is 229 cm³/mol. The highest BCUT2D eigenvalue weighted by Gasteiger charge is 2.19. The van der Waals surface area contributed by atoms with Crippen LogP contribution in [0.2, 0.25) is 0 Å². The Morgan fingerprint density at radius 3 is 1.06 bits per heavy atom. The minimum Gasteiger partial charge on any atom is -0.462 e. The number of carbonyl (C=O) groups is 3. The lowest BCUT2D eigenvalue weighted by molar-refractivity contribution is -0.167. The summed E-state index contributed by atoms with van der Waals surface area (Å²) < 4.78 is 16.7. The van der Waals surface area contributed by atoms with E-state index in [0.29, 0.717) is 19.3 Å². The van der Waals surface area contributed by atoms with E-state index in [9.17, 15) is 14.4 Å². The van der Waals surface area contributed by atoms with Crippen LogP contribution >= 0.6 is 0 Å². The zero-order valence-electron chi connectivity index (χ0n) is 36.8. The van der Waals surface area contributed by atoms with Gasteiger partial charge in [-0.15, -0.1) is 0 Å². The molecule has 0 radical (unpaired) electrons. The summed E-state index contributed by atoms with van der Waals surface area (Å²) in [5.74, 6) is 0.769. The van der Waals surface area contributed by atoms with Gasteiger partial charge in [0.1, 0.15) is 13.2 Å². The average molecular weight is 765 g/mol. The fraction of sp³-hybridized carbons (Fsp3) is 0.938. The molecule has 0 aliphatic carbocycles. The largest absolute Gasteiger partial charge is 0.462 e. The molecule has 54 heavy (non-hydrogen) atoms. The van der Waals surface area contributed by atoms with Crippen molar-refractivity contribution in [1.29, 1.82) is 0 Å². The van der Waals surface area contributed by atoms with Crippen molar-refractivity contribution in [2.45, 2.75) is 265 Å². The standard InChI is InChI=1S/C48H92O6/c1-6-8-9-10-11-12-13-14-15-19-22-28-33-38-46(49)52-41-45(54-48(51)40-35-30-25-24-26-31-36-43(3)4)42-53-47(50)39-34-29-23-20-17-16-18-21-27-32-37-44(5)7-2/h43-45H,6-42H2,1-5H3/t44?,45-/m0/s1. The monoisotopic (exact) mass is 765 g/mol. The van der Waals surface area contributed by atoms with Gasteiger partial charge in [-0.3, -0.25) is 14.4 Å². The Labute approximate surface area is 336 Å². The van der Waals surface area contributed by atoms with Crippen molar-refractivity contribution in [3.8, 4) is 0 Å². The first-order chi connectivity index (χ1) is 26.3. The molecule has 0 aliphatic rings. The smallest absolute Gasteiger partial charge is 0.306 e. The van der Waals surface area contributed by atoms with Gasteiger partial charge in [-0.1, -0.05) is 221 Å². The summed E-state index contributed by atoms with van der Waals surface area (Å²) in [6, 6.07) is 0. The molecule has 1 unspecified atom stereocenters. The average Bonchev–Trinajstić information content (AvgIpc) is 3.15. The molecule has 0 heterocycles. The Hall–Kier alpha value is -1.59. The van der Waals surface area contributed by atoms with Crippen LogP contribution in [-0.2, 0) is 28.6 Å². The third-order valence-electron chi connectivity index (χ3n) is 11.1. The second kappa shape index (κ2) is 41.1. The van der Waals surface area contributed by atoms with Crippen LogP contribution in [0.1, 0.15) is 259 Å². The molecule has 0 N–H and O–H groups in total. The van der Waals surface area contributed by atoms with Gasteiger partial charge in [-0.2, -0.15) is 0 Å². The molecule has 320 valence electrons. The van der Waals surface area contributed by atoms with Crippen LogP contribution in [0.25, 0.3) is 0 Å². The van der Waals surface area contributed by atoms with Crippen molar-refractivity contribution < 1.29 is 28.6 Å². The Morgan fingerprint density at radius 1 is 0.389 bits per heavy atom. The van der Waals surface area contributed by atoms with Crippen LogP contribution in [0, 0.1) is 11.8 Å². The van der Waals surface area contributed by atoms with Gasteiger partial charge in [0, 0.05) is 19.3 Å². The first-order valence-electron chi connectivity index (χ1n) is 23.8. The number of esters is 3. The van der Waals surface area contributed by atoms with Gasteiger partial charge in [-0.25, -0.2) is 0 Å². The van der Waals surface area contributed by atoms with E-state index >= 15 is 0 Å². The molecule has 0 aromatic heterocycles.